The van der Waals surface area contributed by atoms with Gasteiger partial charge >= 0.3 is 0 Å². The summed E-state index contributed by atoms with van der Waals surface area (Å²) in [7, 11) is 0. The van der Waals surface area contributed by atoms with Gasteiger partial charge in [0.2, 0.25) is 0 Å². The van der Waals surface area contributed by atoms with Crippen LogP contribution in [0.3, 0.4) is 0 Å². The summed E-state index contributed by atoms with van der Waals surface area (Å²) in [5.74, 6) is 0.411. The van der Waals surface area contributed by atoms with Crippen LogP contribution in [0.25, 0.3) is 0 Å². The SMILES string of the molecule is Cc1n[nH]nc1C(=O)N1C[C@H]2CC[C@@H](C1)N2C(=O)c1ccc(C(C)C)cc1. The van der Waals surface area contributed by atoms with E-state index < -0.39 is 0 Å². The largest absolute Gasteiger partial charge is 0.333 e. The fourth-order valence-corrected chi connectivity index (χ4v) is 4.20. The highest BCUT2D eigenvalue weighted by Gasteiger charge is 2.44. The zero-order chi connectivity index (χ0) is 19.1. The second-order valence-corrected chi connectivity index (χ2v) is 7.84. The van der Waals surface area contributed by atoms with Crippen molar-refractivity contribution in [1.82, 2.24) is 25.2 Å². The lowest BCUT2D eigenvalue weighted by molar-refractivity contribution is 0.0357. The lowest BCUT2D eigenvalue weighted by Crippen LogP contribution is -2.57. The van der Waals surface area contributed by atoms with E-state index in [1.54, 1.807) is 6.92 Å². The van der Waals surface area contributed by atoms with Crippen LogP contribution in [-0.2, 0) is 0 Å². The number of hydrogen-bond acceptors (Lipinski definition) is 4. The fourth-order valence-electron chi connectivity index (χ4n) is 4.20. The third kappa shape index (κ3) is 3.11. The molecule has 0 radical (unpaired) electrons. The number of carbonyl (C=O) groups excluding carboxylic acids is 2. The first kappa shape index (κ1) is 17.7. The maximum absolute atomic E-state index is 13.1. The minimum absolute atomic E-state index is 0.0668. The number of carbonyl (C=O) groups is 2. The molecule has 0 spiro atoms. The van der Waals surface area contributed by atoms with Crippen molar-refractivity contribution in [3.63, 3.8) is 0 Å². The van der Waals surface area contributed by atoms with Gasteiger partial charge in [-0.3, -0.25) is 9.59 Å². The van der Waals surface area contributed by atoms with E-state index in [1.807, 2.05) is 34.1 Å². The third-order valence-electron chi connectivity index (χ3n) is 5.75. The van der Waals surface area contributed by atoms with Crippen molar-refractivity contribution in [2.75, 3.05) is 13.1 Å². The average molecular weight is 367 g/mol. The topological polar surface area (TPSA) is 82.2 Å². The number of amides is 2. The molecular weight excluding hydrogens is 342 g/mol. The molecule has 7 heteroatoms. The van der Waals surface area contributed by atoms with Gasteiger partial charge in [0.1, 0.15) is 0 Å². The number of nitrogens with one attached hydrogen (secondary N) is 1. The van der Waals surface area contributed by atoms with Crippen LogP contribution in [0.5, 0.6) is 0 Å². The Morgan fingerprint density at radius 1 is 1.04 bits per heavy atom. The number of aromatic amines is 1. The molecule has 7 nitrogen and oxygen atoms in total. The summed E-state index contributed by atoms with van der Waals surface area (Å²) in [4.78, 5) is 29.7. The fraction of sp³-hybridized carbons (Fsp3) is 0.500. The molecule has 27 heavy (non-hydrogen) atoms. The molecule has 2 aliphatic rings. The first-order valence-electron chi connectivity index (χ1n) is 9.55. The van der Waals surface area contributed by atoms with Gasteiger partial charge in [-0.2, -0.15) is 15.4 Å². The lowest BCUT2D eigenvalue weighted by atomic mass is 10.0. The highest BCUT2D eigenvalue weighted by atomic mass is 16.2. The Hall–Kier alpha value is -2.70. The predicted molar refractivity (Wildman–Crippen MR) is 101 cm³/mol. The normalized spacial score (nSPS) is 21.8. The van der Waals surface area contributed by atoms with Crippen LogP contribution >= 0.6 is 0 Å². The van der Waals surface area contributed by atoms with E-state index in [-0.39, 0.29) is 23.9 Å². The number of hydrogen-bond donors (Lipinski definition) is 1. The molecule has 1 N–H and O–H groups in total. The Morgan fingerprint density at radius 3 is 2.19 bits per heavy atom. The minimum atomic E-state index is -0.105. The molecule has 2 amide bonds. The molecule has 142 valence electrons. The van der Waals surface area contributed by atoms with E-state index in [4.69, 9.17) is 0 Å². The molecule has 0 saturated carbocycles. The van der Waals surface area contributed by atoms with Crippen LogP contribution in [-0.4, -0.2) is 62.2 Å². The Balaban J connectivity index is 1.50. The molecule has 2 atom stereocenters. The average Bonchev–Trinajstić information content (AvgIpc) is 3.20. The van der Waals surface area contributed by atoms with Crippen LogP contribution in [0.2, 0.25) is 0 Å². The number of piperazine rings is 1. The molecule has 2 aliphatic heterocycles. The Bertz CT molecular complexity index is 844. The van der Waals surface area contributed by atoms with Gasteiger partial charge in [0.15, 0.2) is 5.69 Å². The number of aryl methyl sites for hydroxylation is 1. The molecule has 1 aromatic heterocycles. The zero-order valence-electron chi connectivity index (χ0n) is 16.0. The molecule has 0 aliphatic carbocycles. The van der Waals surface area contributed by atoms with Gasteiger partial charge in [-0.15, -0.1) is 0 Å². The van der Waals surface area contributed by atoms with Crippen LogP contribution in [0.15, 0.2) is 24.3 Å². The highest BCUT2D eigenvalue weighted by molar-refractivity contribution is 5.96. The van der Waals surface area contributed by atoms with Gasteiger partial charge in [0, 0.05) is 18.7 Å². The summed E-state index contributed by atoms with van der Waals surface area (Å²) in [6.07, 6.45) is 1.87. The summed E-state index contributed by atoms with van der Waals surface area (Å²) in [5, 5.41) is 10.4. The monoisotopic (exact) mass is 367 g/mol. The van der Waals surface area contributed by atoms with Crippen molar-refractivity contribution < 1.29 is 9.59 Å². The zero-order valence-corrected chi connectivity index (χ0v) is 16.0. The Morgan fingerprint density at radius 2 is 1.67 bits per heavy atom. The highest BCUT2D eigenvalue weighted by Crippen LogP contribution is 2.32. The minimum Gasteiger partial charge on any atom is -0.333 e. The van der Waals surface area contributed by atoms with Crippen molar-refractivity contribution in [2.24, 2.45) is 0 Å². The summed E-state index contributed by atoms with van der Waals surface area (Å²) >= 11 is 0. The number of fused-ring (bicyclic) bond motifs is 2. The predicted octanol–water partition coefficient (Wildman–Crippen LogP) is 2.37. The van der Waals surface area contributed by atoms with Crippen LogP contribution in [0.1, 0.15) is 64.7 Å². The van der Waals surface area contributed by atoms with Crippen molar-refractivity contribution in [2.45, 2.75) is 51.6 Å². The summed E-state index contributed by atoms with van der Waals surface area (Å²) in [6.45, 7) is 7.16. The van der Waals surface area contributed by atoms with Gasteiger partial charge in [-0.25, -0.2) is 0 Å². The number of benzene rings is 1. The lowest BCUT2D eigenvalue weighted by Gasteiger charge is -2.41. The standard InChI is InChI=1S/C20H25N5O2/c1-12(2)14-4-6-15(7-5-14)19(26)25-16-8-9-17(25)11-24(10-16)20(27)18-13(3)21-23-22-18/h4-7,12,16-17H,8-11H2,1-3H3,(H,21,22,23)/t16-,17+. The second-order valence-electron chi connectivity index (χ2n) is 7.84. The molecule has 4 rings (SSSR count). The summed E-state index contributed by atoms with van der Waals surface area (Å²) < 4.78 is 0. The van der Waals surface area contributed by atoms with Crippen LogP contribution in [0.4, 0.5) is 0 Å². The molecule has 2 aromatic rings. The molecule has 0 unspecified atom stereocenters. The first-order valence-corrected chi connectivity index (χ1v) is 9.55. The number of nitrogens with zero attached hydrogens (tertiary/aromatic N) is 4. The summed E-state index contributed by atoms with van der Waals surface area (Å²) in [6, 6.07) is 8.05. The van der Waals surface area contributed by atoms with Gasteiger partial charge in [0.05, 0.1) is 17.8 Å². The first-order chi connectivity index (χ1) is 13.0. The van der Waals surface area contributed by atoms with E-state index in [1.165, 1.54) is 5.56 Å². The van der Waals surface area contributed by atoms with E-state index in [2.05, 4.69) is 29.3 Å². The van der Waals surface area contributed by atoms with Crippen LogP contribution < -0.4 is 0 Å². The summed E-state index contributed by atoms with van der Waals surface area (Å²) in [5.41, 5.74) is 2.94. The van der Waals surface area contributed by atoms with Crippen molar-refractivity contribution in [3.8, 4) is 0 Å². The smallest absolute Gasteiger partial charge is 0.276 e. The maximum atomic E-state index is 13.1. The van der Waals surface area contributed by atoms with E-state index in [0.29, 0.717) is 30.4 Å². The number of likely N-dealkylation sites (tertiary alicyclic amines) is 1. The third-order valence-corrected chi connectivity index (χ3v) is 5.75. The molecule has 2 saturated heterocycles. The molecular formula is C20H25N5O2. The molecule has 1 aromatic carbocycles. The van der Waals surface area contributed by atoms with E-state index in [9.17, 15) is 9.59 Å². The van der Waals surface area contributed by atoms with Gasteiger partial charge in [-0.05, 0) is 43.4 Å². The van der Waals surface area contributed by atoms with Crippen molar-refractivity contribution in [3.05, 3.63) is 46.8 Å². The molecule has 2 fully saturated rings. The van der Waals surface area contributed by atoms with Gasteiger partial charge in [0.25, 0.3) is 11.8 Å². The number of aromatic nitrogens is 3. The molecule has 2 bridgehead atoms. The number of H-pyrrole nitrogens is 1. The van der Waals surface area contributed by atoms with Crippen molar-refractivity contribution >= 4 is 11.8 Å². The van der Waals surface area contributed by atoms with Gasteiger partial charge in [-0.1, -0.05) is 26.0 Å². The van der Waals surface area contributed by atoms with Crippen LogP contribution in [0, 0.1) is 6.92 Å². The van der Waals surface area contributed by atoms with Crippen molar-refractivity contribution in [1.29, 1.82) is 0 Å². The van der Waals surface area contributed by atoms with E-state index >= 15 is 0 Å². The van der Waals surface area contributed by atoms with Gasteiger partial charge < -0.3 is 9.80 Å². The quantitative estimate of drug-likeness (QED) is 0.903. The van der Waals surface area contributed by atoms with E-state index in [0.717, 1.165) is 18.4 Å². The second kappa shape index (κ2) is 6.79. The number of rotatable bonds is 3. The molecule has 3 heterocycles. The Kier molecular flexibility index (Phi) is 4.45. The Labute approximate surface area is 158 Å². The maximum Gasteiger partial charge on any atom is 0.276 e.